The van der Waals surface area contributed by atoms with Gasteiger partial charge in [-0.15, -0.1) is 0 Å². The molecule has 0 bridgehead atoms. The first-order valence-electron chi connectivity index (χ1n) is 6.87. The highest BCUT2D eigenvalue weighted by Crippen LogP contribution is 2.28. The topological polar surface area (TPSA) is 92.0 Å². The lowest BCUT2D eigenvalue weighted by molar-refractivity contribution is 0.0686. The van der Waals surface area contributed by atoms with Crippen LogP contribution in [0.1, 0.15) is 29.4 Å². The molecule has 1 aromatic carbocycles. The van der Waals surface area contributed by atoms with Crippen LogP contribution in [0.15, 0.2) is 35.0 Å². The third kappa shape index (κ3) is 2.23. The summed E-state index contributed by atoms with van der Waals surface area (Å²) in [5, 5.41) is 22.5. The lowest BCUT2D eigenvalue weighted by Crippen LogP contribution is -1.94. The van der Waals surface area contributed by atoms with Crippen molar-refractivity contribution in [2.45, 2.75) is 19.9 Å². The number of carboxylic acids is 1. The third-order valence-corrected chi connectivity index (χ3v) is 3.48. The number of aromatic nitrogens is 2. The van der Waals surface area contributed by atoms with Crippen molar-refractivity contribution in [1.82, 2.24) is 9.72 Å². The summed E-state index contributed by atoms with van der Waals surface area (Å²) in [6.45, 7) is 2.91. The molecule has 0 aliphatic carbocycles. The molecular weight excluding hydrogens is 282 g/mol. The fourth-order valence-electron chi connectivity index (χ4n) is 2.48. The van der Waals surface area contributed by atoms with Crippen molar-refractivity contribution in [3.05, 3.63) is 41.7 Å². The molecule has 2 aromatic heterocycles. The van der Waals surface area contributed by atoms with E-state index in [1.54, 1.807) is 0 Å². The molecule has 0 atom stereocenters. The number of fused-ring (bicyclic) bond motifs is 1. The Bertz CT molecular complexity index is 899. The first kappa shape index (κ1) is 13.9. The number of nitrogens with zero attached hydrogens (tertiary/aromatic N) is 3. The molecule has 0 spiro atoms. The predicted octanol–water partition coefficient (Wildman–Crippen LogP) is 3.28. The molecule has 1 N–H and O–H groups in total. The Morgan fingerprint density at radius 3 is 2.91 bits per heavy atom. The zero-order valence-corrected chi connectivity index (χ0v) is 11.9. The number of aryl methyl sites for hydroxylation is 1. The van der Waals surface area contributed by atoms with Crippen LogP contribution in [-0.2, 0) is 6.54 Å². The Morgan fingerprint density at radius 1 is 1.45 bits per heavy atom. The second-order valence-corrected chi connectivity index (χ2v) is 4.96. The van der Waals surface area contributed by atoms with Crippen LogP contribution < -0.4 is 0 Å². The van der Waals surface area contributed by atoms with Crippen LogP contribution in [0.4, 0.5) is 0 Å². The smallest absolute Gasteiger partial charge is 0.358 e. The standard InChI is InChI=1S/C16H13N3O3/c1-2-5-19-9-11(8-17)12-6-10(3-4-14(12)19)15-7-13(16(20)21)18-22-15/h3-4,6-7,9H,2,5H2,1H3,(H,20,21). The lowest BCUT2D eigenvalue weighted by atomic mass is 10.1. The summed E-state index contributed by atoms with van der Waals surface area (Å²) >= 11 is 0. The van der Waals surface area contributed by atoms with Gasteiger partial charge in [0.05, 0.1) is 5.56 Å². The van der Waals surface area contributed by atoms with Gasteiger partial charge in [-0.3, -0.25) is 0 Å². The highest BCUT2D eigenvalue weighted by Gasteiger charge is 2.14. The van der Waals surface area contributed by atoms with Crippen LogP contribution in [0.3, 0.4) is 0 Å². The Hall–Kier alpha value is -3.07. The molecule has 110 valence electrons. The normalized spacial score (nSPS) is 10.7. The fourth-order valence-corrected chi connectivity index (χ4v) is 2.48. The lowest BCUT2D eigenvalue weighted by Gasteiger charge is -2.03. The molecule has 2 heterocycles. The van der Waals surface area contributed by atoms with E-state index in [1.165, 1.54) is 6.07 Å². The van der Waals surface area contributed by atoms with E-state index >= 15 is 0 Å². The van der Waals surface area contributed by atoms with E-state index in [9.17, 15) is 10.1 Å². The zero-order valence-electron chi connectivity index (χ0n) is 11.9. The third-order valence-electron chi connectivity index (χ3n) is 3.48. The zero-order chi connectivity index (χ0) is 15.7. The molecule has 3 rings (SSSR count). The molecule has 22 heavy (non-hydrogen) atoms. The molecule has 0 fully saturated rings. The molecule has 6 heteroatoms. The van der Waals surface area contributed by atoms with Gasteiger partial charge in [0.2, 0.25) is 0 Å². The van der Waals surface area contributed by atoms with Crippen LogP contribution in [0, 0.1) is 11.3 Å². The van der Waals surface area contributed by atoms with Gasteiger partial charge in [-0.1, -0.05) is 12.1 Å². The average molecular weight is 295 g/mol. The Labute approximate surface area is 126 Å². The van der Waals surface area contributed by atoms with E-state index in [1.807, 2.05) is 29.0 Å². The Balaban J connectivity index is 2.12. The van der Waals surface area contributed by atoms with Crippen LogP contribution in [0.25, 0.3) is 22.2 Å². The van der Waals surface area contributed by atoms with Crippen molar-refractivity contribution in [2.24, 2.45) is 0 Å². The van der Waals surface area contributed by atoms with E-state index in [4.69, 9.17) is 9.63 Å². The molecule has 0 aliphatic heterocycles. The summed E-state index contributed by atoms with van der Waals surface area (Å²) < 4.78 is 7.11. The highest BCUT2D eigenvalue weighted by molar-refractivity contribution is 5.91. The van der Waals surface area contributed by atoms with Crippen LogP contribution in [-0.4, -0.2) is 20.8 Å². The molecule has 0 radical (unpaired) electrons. The van der Waals surface area contributed by atoms with E-state index in [0.717, 1.165) is 23.9 Å². The molecular formula is C16H13N3O3. The van der Waals surface area contributed by atoms with E-state index < -0.39 is 5.97 Å². The fraction of sp³-hybridized carbons (Fsp3) is 0.188. The van der Waals surface area contributed by atoms with E-state index in [2.05, 4.69) is 18.1 Å². The number of rotatable bonds is 4. The summed E-state index contributed by atoms with van der Waals surface area (Å²) in [6.07, 6.45) is 2.81. The first-order chi connectivity index (χ1) is 10.6. The number of benzene rings is 1. The van der Waals surface area contributed by atoms with E-state index in [-0.39, 0.29) is 5.69 Å². The van der Waals surface area contributed by atoms with Crippen molar-refractivity contribution in [3.63, 3.8) is 0 Å². The molecule has 0 aliphatic rings. The summed E-state index contributed by atoms with van der Waals surface area (Å²) in [6, 6.07) is 9.13. The van der Waals surface area contributed by atoms with Crippen molar-refractivity contribution in [3.8, 4) is 17.4 Å². The maximum atomic E-state index is 10.9. The van der Waals surface area contributed by atoms with Gasteiger partial charge in [0.25, 0.3) is 0 Å². The molecule has 0 unspecified atom stereocenters. The molecule has 0 saturated carbocycles. The monoisotopic (exact) mass is 295 g/mol. The SMILES string of the molecule is CCCn1cc(C#N)c2cc(-c3cc(C(=O)O)no3)ccc21. The van der Waals surface area contributed by atoms with Gasteiger partial charge < -0.3 is 14.2 Å². The average Bonchev–Trinajstić information content (AvgIpc) is 3.12. The largest absolute Gasteiger partial charge is 0.476 e. The maximum absolute atomic E-state index is 10.9. The second kappa shape index (κ2) is 5.37. The summed E-state index contributed by atoms with van der Waals surface area (Å²) in [4.78, 5) is 10.9. The Kier molecular flexibility index (Phi) is 3.39. The van der Waals surface area contributed by atoms with E-state index in [0.29, 0.717) is 16.9 Å². The number of aromatic carboxylic acids is 1. The summed E-state index contributed by atoms with van der Waals surface area (Å²) in [5.74, 6) is -0.769. The van der Waals surface area contributed by atoms with Gasteiger partial charge in [-0.05, 0) is 24.6 Å². The summed E-state index contributed by atoms with van der Waals surface area (Å²) in [5.41, 5.74) is 2.11. The van der Waals surface area contributed by atoms with Gasteiger partial charge in [-0.2, -0.15) is 5.26 Å². The van der Waals surface area contributed by atoms with Gasteiger partial charge in [0.1, 0.15) is 6.07 Å². The molecule has 6 nitrogen and oxygen atoms in total. The minimum atomic E-state index is -1.14. The molecule has 0 saturated heterocycles. The Morgan fingerprint density at radius 2 is 2.27 bits per heavy atom. The summed E-state index contributed by atoms with van der Waals surface area (Å²) in [7, 11) is 0. The number of hydrogen-bond donors (Lipinski definition) is 1. The minimum Gasteiger partial charge on any atom is -0.476 e. The predicted molar refractivity (Wildman–Crippen MR) is 79.4 cm³/mol. The molecule has 0 amide bonds. The van der Waals surface area contributed by atoms with Gasteiger partial charge in [0.15, 0.2) is 11.5 Å². The first-order valence-corrected chi connectivity index (χ1v) is 6.87. The number of hydrogen-bond acceptors (Lipinski definition) is 4. The van der Waals surface area contributed by atoms with Gasteiger partial charge >= 0.3 is 5.97 Å². The van der Waals surface area contributed by atoms with Crippen molar-refractivity contribution in [1.29, 1.82) is 5.26 Å². The van der Waals surface area contributed by atoms with Crippen molar-refractivity contribution in [2.75, 3.05) is 0 Å². The van der Waals surface area contributed by atoms with Crippen molar-refractivity contribution < 1.29 is 14.4 Å². The van der Waals surface area contributed by atoms with Gasteiger partial charge in [-0.25, -0.2) is 4.79 Å². The quantitative estimate of drug-likeness (QED) is 0.797. The van der Waals surface area contributed by atoms with Crippen LogP contribution >= 0.6 is 0 Å². The number of nitriles is 1. The van der Waals surface area contributed by atoms with Crippen molar-refractivity contribution >= 4 is 16.9 Å². The number of carbonyl (C=O) groups is 1. The van der Waals surface area contributed by atoms with Crippen LogP contribution in [0.5, 0.6) is 0 Å². The highest BCUT2D eigenvalue weighted by atomic mass is 16.5. The maximum Gasteiger partial charge on any atom is 0.358 e. The van der Waals surface area contributed by atoms with Crippen LogP contribution in [0.2, 0.25) is 0 Å². The number of carboxylic acid groups (broad SMARTS) is 1. The second-order valence-electron chi connectivity index (χ2n) is 4.96. The molecule has 3 aromatic rings. The van der Waals surface area contributed by atoms with Gasteiger partial charge in [0, 0.05) is 35.3 Å². The minimum absolute atomic E-state index is 0.140.